The van der Waals surface area contributed by atoms with E-state index in [-0.39, 0.29) is 0 Å². The van der Waals surface area contributed by atoms with Crippen LogP contribution in [0.5, 0.6) is 0 Å². The van der Waals surface area contributed by atoms with Gasteiger partial charge in [0.1, 0.15) is 0 Å². The van der Waals surface area contributed by atoms with Crippen molar-refractivity contribution in [3.05, 3.63) is 16.1 Å². The molecule has 0 aliphatic heterocycles. The molecule has 0 atom stereocenters. The smallest absolute Gasteiger partial charge is 0.194 e. The summed E-state index contributed by atoms with van der Waals surface area (Å²) >= 11 is 1.70. The molecule has 1 aromatic heterocycles. The SMILES string of the molecule is CCNC(=NCC1(CCOCC)CCCC1)N(C)Cc1csc(C)n1. The lowest BCUT2D eigenvalue weighted by atomic mass is 9.83. The molecule has 0 amide bonds. The molecule has 1 aromatic rings. The van der Waals surface area contributed by atoms with Gasteiger partial charge >= 0.3 is 0 Å². The van der Waals surface area contributed by atoms with Crippen molar-refractivity contribution in [3.63, 3.8) is 0 Å². The van der Waals surface area contributed by atoms with E-state index in [0.717, 1.165) is 55.9 Å². The average molecular weight is 367 g/mol. The highest BCUT2D eigenvalue weighted by Gasteiger charge is 2.33. The molecule has 0 saturated heterocycles. The van der Waals surface area contributed by atoms with Crippen molar-refractivity contribution >= 4 is 17.3 Å². The monoisotopic (exact) mass is 366 g/mol. The minimum Gasteiger partial charge on any atom is -0.382 e. The van der Waals surface area contributed by atoms with Crippen molar-refractivity contribution in [2.24, 2.45) is 10.4 Å². The minimum atomic E-state index is 0.327. The van der Waals surface area contributed by atoms with Crippen LogP contribution in [0.25, 0.3) is 0 Å². The number of aryl methyl sites for hydroxylation is 1. The van der Waals surface area contributed by atoms with Crippen LogP contribution in [0, 0.1) is 12.3 Å². The molecule has 0 aromatic carbocycles. The number of hydrogen-bond donors (Lipinski definition) is 1. The Labute approximate surface area is 156 Å². The van der Waals surface area contributed by atoms with Crippen molar-refractivity contribution < 1.29 is 4.74 Å². The largest absolute Gasteiger partial charge is 0.382 e. The molecule has 142 valence electrons. The van der Waals surface area contributed by atoms with Crippen LogP contribution >= 0.6 is 11.3 Å². The minimum absolute atomic E-state index is 0.327. The molecule has 0 spiro atoms. The van der Waals surface area contributed by atoms with E-state index >= 15 is 0 Å². The highest BCUT2D eigenvalue weighted by atomic mass is 32.1. The maximum Gasteiger partial charge on any atom is 0.194 e. The van der Waals surface area contributed by atoms with Gasteiger partial charge in [0.2, 0.25) is 0 Å². The summed E-state index contributed by atoms with van der Waals surface area (Å²) in [6.07, 6.45) is 6.33. The quantitative estimate of drug-likeness (QED) is 0.410. The fraction of sp³-hybridized carbons (Fsp3) is 0.789. The molecular formula is C19H34N4OS. The lowest BCUT2D eigenvalue weighted by molar-refractivity contribution is 0.107. The van der Waals surface area contributed by atoms with Gasteiger partial charge < -0.3 is 15.0 Å². The van der Waals surface area contributed by atoms with Gasteiger partial charge in [0, 0.05) is 38.7 Å². The van der Waals surface area contributed by atoms with Gasteiger partial charge in [-0.05, 0) is 45.4 Å². The second kappa shape index (κ2) is 10.1. The zero-order valence-electron chi connectivity index (χ0n) is 16.3. The predicted molar refractivity (Wildman–Crippen MR) is 106 cm³/mol. The lowest BCUT2D eigenvalue weighted by Gasteiger charge is -2.29. The highest BCUT2D eigenvalue weighted by molar-refractivity contribution is 7.09. The Bertz CT molecular complexity index is 537. The van der Waals surface area contributed by atoms with Gasteiger partial charge in [-0.25, -0.2) is 4.98 Å². The standard InChI is InChI=1S/C19H34N4OS/c1-5-20-18(23(4)13-17-14-25-16(3)22-17)21-15-19(9-7-8-10-19)11-12-24-6-2/h14H,5-13,15H2,1-4H3,(H,20,21). The van der Waals surface area contributed by atoms with Gasteiger partial charge in [-0.15, -0.1) is 11.3 Å². The van der Waals surface area contributed by atoms with Gasteiger partial charge in [-0.2, -0.15) is 0 Å². The molecule has 5 nitrogen and oxygen atoms in total. The number of aliphatic imine (C=N–C) groups is 1. The van der Waals surface area contributed by atoms with Gasteiger partial charge in [-0.1, -0.05) is 12.8 Å². The maximum absolute atomic E-state index is 5.62. The van der Waals surface area contributed by atoms with Crippen LogP contribution in [0.1, 0.15) is 56.7 Å². The lowest BCUT2D eigenvalue weighted by Crippen LogP contribution is -2.39. The third-order valence-corrected chi connectivity index (χ3v) is 5.79. The summed E-state index contributed by atoms with van der Waals surface area (Å²) in [5.74, 6) is 0.982. The van der Waals surface area contributed by atoms with E-state index in [2.05, 4.69) is 48.4 Å². The van der Waals surface area contributed by atoms with Crippen LogP contribution in [-0.2, 0) is 11.3 Å². The second-order valence-electron chi connectivity index (χ2n) is 7.04. The summed E-state index contributed by atoms with van der Waals surface area (Å²) in [6.45, 7) is 10.5. The molecule has 1 fully saturated rings. The summed E-state index contributed by atoms with van der Waals surface area (Å²) in [6, 6.07) is 0. The summed E-state index contributed by atoms with van der Waals surface area (Å²) in [5, 5.41) is 6.69. The van der Waals surface area contributed by atoms with Crippen molar-refractivity contribution in [3.8, 4) is 0 Å². The predicted octanol–water partition coefficient (Wildman–Crippen LogP) is 3.84. The molecule has 2 rings (SSSR count). The topological polar surface area (TPSA) is 49.8 Å². The van der Waals surface area contributed by atoms with E-state index in [1.165, 1.54) is 25.7 Å². The Balaban J connectivity index is 2.00. The number of nitrogens with zero attached hydrogens (tertiary/aromatic N) is 3. The van der Waals surface area contributed by atoms with Gasteiger partial charge in [0.25, 0.3) is 0 Å². The molecular weight excluding hydrogens is 332 g/mol. The van der Waals surface area contributed by atoms with E-state index in [1.54, 1.807) is 11.3 Å². The summed E-state index contributed by atoms with van der Waals surface area (Å²) in [7, 11) is 2.09. The van der Waals surface area contributed by atoms with E-state index in [4.69, 9.17) is 9.73 Å². The molecule has 25 heavy (non-hydrogen) atoms. The molecule has 1 aliphatic rings. The Kier molecular flexibility index (Phi) is 8.16. The first-order valence-corrected chi connectivity index (χ1v) is 10.4. The second-order valence-corrected chi connectivity index (χ2v) is 8.10. The van der Waals surface area contributed by atoms with E-state index < -0.39 is 0 Å². The molecule has 0 unspecified atom stereocenters. The first kappa shape index (κ1) is 20.2. The number of thiazole rings is 1. The van der Waals surface area contributed by atoms with Crippen LogP contribution in [-0.4, -0.2) is 49.2 Å². The van der Waals surface area contributed by atoms with Gasteiger partial charge in [0.05, 0.1) is 17.2 Å². The molecule has 0 bridgehead atoms. The zero-order valence-corrected chi connectivity index (χ0v) is 17.1. The first-order valence-electron chi connectivity index (χ1n) is 9.57. The summed E-state index contributed by atoms with van der Waals surface area (Å²) in [5.41, 5.74) is 1.44. The van der Waals surface area contributed by atoms with E-state index in [0.29, 0.717) is 5.41 Å². The number of rotatable bonds is 9. The van der Waals surface area contributed by atoms with Gasteiger partial charge in [0.15, 0.2) is 5.96 Å². The third kappa shape index (κ3) is 6.26. The van der Waals surface area contributed by atoms with Crippen LogP contribution in [0.2, 0.25) is 0 Å². The Morgan fingerprint density at radius 3 is 2.76 bits per heavy atom. The number of guanidine groups is 1. The summed E-state index contributed by atoms with van der Waals surface area (Å²) in [4.78, 5) is 11.8. The Morgan fingerprint density at radius 1 is 1.40 bits per heavy atom. The number of nitrogens with one attached hydrogen (secondary N) is 1. The van der Waals surface area contributed by atoms with Crippen LogP contribution in [0.3, 0.4) is 0 Å². The first-order chi connectivity index (χ1) is 12.1. The summed E-state index contributed by atoms with van der Waals surface area (Å²) < 4.78 is 5.62. The average Bonchev–Trinajstić information content (AvgIpc) is 3.21. The van der Waals surface area contributed by atoms with Crippen LogP contribution < -0.4 is 5.32 Å². The molecule has 6 heteroatoms. The fourth-order valence-corrected chi connectivity index (χ4v) is 4.16. The molecule has 1 aliphatic carbocycles. The highest BCUT2D eigenvalue weighted by Crippen LogP contribution is 2.41. The van der Waals surface area contributed by atoms with Crippen molar-refractivity contribution in [2.45, 2.75) is 59.4 Å². The van der Waals surface area contributed by atoms with Crippen molar-refractivity contribution in [2.75, 3.05) is 33.4 Å². The molecule has 1 heterocycles. The third-order valence-electron chi connectivity index (χ3n) is 4.97. The maximum atomic E-state index is 5.62. The van der Waals surface area contributed by atoms with E-state index in [9.17, 15) is 0 Å². The van der Waals surface area contributed by atoms with E-state index in [1.807, 2.05) is 0 Å². The van der Waals surface area contributed by atoms with Crippen LogP contribution in [0.4, 0.5) is 0 Å². The Hall–Kier alpha value is -1.14. The number of aromatic nitrogens is 1. The molecule has 0 radical (unpaired) electrons. The Morgan fingerprint density at radius 2 is 2.16 bits per heavy atom. The fourth-order valence-electron chi connectivity index (χ4n) is 3.56. The van der Waals surface area contributed by atoms with Gasteiger partial charge in [-0.3, -0.25) is 4.99 Å². The molecule has 1 saturated carbocycles. The normalized spacial score (nSPS) is 17.0. The van der Waals surface area contributed by atoms with Crippen molar-refractivity contribution in [1.29, 1.82) is 0 Å². The van der Waals surface area contributed by atoms with Crippen LogP contribution in [0.15, 0.2) is 10.4 Å². The number of hydrogen-bond acceptors (Lipinski definition) is 4. The number of ether oxygens (including phenoxy) is 1. The zero-order chi connectivity index (χ0) is 18.1. The molecule has 1 N–H and O–H groups in total. The van der Waals surface area contributed by atoms with Crippen molar-refractivity contribution in [1.82, 2.24) is 15.2 Å².